The van der Waals surface area contributed by atoms with Crippen molar-refractivity contribution in [2.75, 3.05) is 25.5 Å². The molecule has 3 rings (SSSR count). The molecule has 1 aliphatic rings. The molecule has 0 aromatic heterocycles. The number of amides is 3. The van der Waals surface area contributed by atoms with Crippen LogP contribution in [0.2, 0.25) is 0 Å². The first kappa shape index (κ1) is 18.8. The van der Waals surface area contributed by atoms with Crippen molar-refractivity contribution in [2.45, 2.75) is 25.8 Å². The molecule has 0 unspecified atom stereocenters. The van der Waals surface area contributed by atoms with Gasteiger partial charge in [0.2, 0.25) is 5.91 Å². The maximum atomic E-state index is 12.2. The summed E-state index contributed by atoms with van der Waals surface area (Å²) in [4.78, 5) is 26.3. The lowest BCUT2D eigenvalue weighted by molar-refractivity contribution is -0.127. The predicted molar refractivity (Wildman–Crippen MR) is 105 cm³/mol. The van der Waals surface area contributed by atoms with Crippen LogP contribution in [0.5, 0.6) is 5.75 Å². The fourth-order valence-electron chi connectivity index (χ4n) is 3.20. The highest BCUT2D eigenvalue weighted by molar-refractivity contribution is 5.91. The van der Waals surface area contributed by atoms with Gasteiger partial charge in [0.1, 0.15) is 5.75 Å². The third-order valence-electron chi connectivity index (χ3n) is 4.77. The van der Waals surface area contributed by atoms with E-state index in [1.165, 1.54) is 0 Å². The molecule has 1 saturated heterocycles. The van der Waals surface area contributed by atoms with Crippen molar-refractivity contribution in [1.82, 2.24) is 10.2 Å². The van der Waals surface area contributed by atoms with Gasteiger partial charge in [-0.2, -0.15) is 0 Å². The Labute approximate surface area is 159 Å². The maximum Gasteiger partial charge on any atom is 0.319 e. The average molecular weight is 367 g/mol. The lowest BCUT2D eigenvalue weighted by Gasteiger charge is -2.17. The number of benzene rings is 2. The summed E-state index contributed by atoms with van der Waals surface area (Å²) in [5.41, 5.74) is 2.92. The fourth-order valence-corrected chi connectivity index (χ4v) is 3.20. The van der Waals surface area contributed by atoms with E-state index >= 15 is 0 Å². The van der Waals surface area contributed by atoms with Gasteiger partial charge < -0.3 is 20.3 Å². The second-order valence-electron chi connectivity index (χ2n) is 6.75. The molecule has 0 spiro atoms. The Morgan fingerprint density at radius 2 is 1.93 bits per heavy atom. The molecular weight excluding hydrogens is 342 g/mol. The van der Waals surface area contributed by atoms with Crippen molar-refractivity contribution < 1.29 is 14.3 Å². The molecule has 27 heavy (non-hydrogen) atoms. The minimum absolute atomic E-state index is 0.0738. The topological polar surface area (TPSA) is 70.7 Å². The summed E-state index contributed by atoms with van der Waals surface area (Å²) in [7, 11) is 1.64. The Morgan fingerprint density at radius 3 is 2.63 bits per heavy atom. The van der Waals surface area contributed by atoms with Gasteiger partial charge in [-0.05, 0) is 42.7 Å². The normalized spacial score (nSPS) is 16.3. The summed E-state index contributed by atoms with van der Waals surface area (Å²) in [5.74, 6) is 0.893. The van der Waals surface area contributed by atoms with Gasteiger partial charge >= 0.3 is 6.03 Å². The van der Waals surface area contributed by atoms with Crippen molar-refractivity contribution in [3.05, 3.63) is 59.7 Å². The third-order valence-corrected chi connectivity index (χ3v) is 4.77. The number of methoxy groups -OCH3 is 1. The van der Waals surface area contributed by atoms with E-state index in [4.69, 9.17) is 4.74 Å². The van der Waals surface area contributed by atoms with Gasteiger partial charge in [-0.1, -0.05) is 30.3 Å². The summed E-state index contributed by atoms with van der Waals surface area (Å²) in [6.45, 7) is 3.12. The van der Waals surface area contributed by atoms with Gasteiger partial charge in [-0.15, -0.1) is 0 Å². The summed E-state index contributed by atoms with van der Waals surface area (Å²) in [6.07, 6.45) is 1.11. The first-order chi connectivity index (χ1) is 13.0. The molecule has 0 saturated carbocycles. The van der Waals surface area contributed by atoms with Gasteiger partial charge in [-0.25, -0.2) is 4.79 Å². The number of urea groups is 1. The smallest absolute Gasteiger partial charge is 0.319 e. The van der Waals surface area contributed by atoms with Gasteiger partial charge in [-0.3, -0.25) is 4.79 Å². The van der Waals surface area contributed by atoms with Gasteiger partial charge in [0.15, 0.2) is 0 Å². The van der Waals surface area contributed by atoms with E-state index in [0.717, 1.165) is 29.0 Å². The summed E-state index contributed by atoms with van der Waals surface area (Å²) in [6, 6.07) is 15.0. The van der Waals surface area contributed by atoms with Crippen molar-refractivity contribution in [3.8, 4) is 5.75 Å². The number of ether oxygens (including phenoxy) is 1. The van der Waals surface area contributed by atoms with Gasteiger partial charge in [0.05, 0.1) is 13.2 Å². The van der Waals surface area contributed by atoms with Crippen LogP contribution in [0.25, 0.3) is 0 Å². The zero-order chi connectivity index (χ0) is 19.2. The first-order valence-corrected chi connectivity index (χ1v) is 9.09. The largest absolute Gasteiger partial charge is 0.497 e. The molecule has 1 atom stereocenters. The van der Waals surface area contributed by atoms with Crippen molar-refractivity contribution >= 4 is 17.6 Å². The van der Waals surface area contributed by atoms with Crippen LogP contribution in [-0.2, 0) is 11.2 Å². The van der Waals surface area contributed by atoms with Crippen molar-refractivity contribution in [3.63, 3.8) is 0 Å². The monoisotopic (exact) mass is 367 g/mol. The number of anilines is 1. The number of carbonyl (C=O) groups excluding carboxylic acids is 2. The molecule has 0 radical (unpaired) electrons. The number of rotatable bonds is 6. The number of hydrogen-bond donors (Lipinski definition) is 2. The molecule has 6 heteroatoms. The molecule has 142 valence electrons. The van der Waals surface area contributed by atoms with E-state index in [9.17, 15) is 9.59 Å². The van der Waals surface area contributed by atoms with Crippen molar-refractivity contribution in [1.29, 1.82) is 0 Å². The van der Waals surface area contributed by atoms with E-state index in [1.54, 1.807) is 7.11 Å². The van der Waals surface area contributed by atoms with Crippen LogP contribution in [0.4, 0.5) is 10.5 Å². The Bertz CT molecular complexity index is 805. The number of nitrogens with zero attached hydrogens (tertiary/aromatic N) is 1. The van der Waals surface area contributed by atoms with Crippen LogP contribution in [0, 0.1) is 6.92 Å². The van der Waals surface area contributed by atoms with Crippen molar-refractivity contribution in [2.24, 2.45) is 0 Å². The molecule has 2 aromatic carbocycles. The number of hydrogen-bond acceptors (Lipinski definition) is 3. The van der Waals surface area contributed by atoms with Crippen LogP contribution in [-0.4, -0.2) is 43.1 Å². The highest BCUT2D eigenvalue weighted by atomic mass is 16.5. The lowest BCUT2D eigenvalue weighted by Crippen LogP contribution is -2.40. The zero-order valence-electron chi connectivity index (χ0n) is 15.7. The second kappa shape index (κ2) is 8.58. The number of aryl methyl sites for hydroxylation is 1. The Balaban J connectivity index is 1.48. The maximum absolute atomic E-state index is 12.2. The highest BCUT2D eigenvalue weighted by Gasteiger charge is 2.30. The molecule has 1 aliphatic heterocycles. The van der Waals surface area contributed by atoms with Gasteiger partial charge in [0, 0.05) is 25.2 Å². The lowest BCUT2D eigenvalue weighted by atomic mass is 10.1. The molecule has 6 nitrogen and oxygen atoms in total. The minimum Gasteiger partial charge on any atom is -0.497 e. The predicted octanol–water partition coefficient (Wildman–Crippen LogP) is 2.97. The Morgan fingerprint density at radius 1 is 1.19 bits per heavy atom. The standard InChI is InChI=1S/C21H25N3O3/c1-15-5-3-4-6-19(15)23-21(26)22-17-13-20(25)24(14-17)12-11-16-7-9-18(27-2)10-8-16/h3-10,17H,11-14H2,1-2H3,(H2,22,23,26)/t17-/m0/s1. The number of nitrogens with one attached hydrogen (secondary N) is 2. The molecule has 2 N–H and O–H groups in total. The van der Waals surface area contributed by atoms with Crippen LogP contribution in [0.1, 0.15) is 17.5 Å². The zero-order valence-corrected chi connectivity index (χ0v) is 15.7. The second-order valence-corrected chi connectivity index (χ2v) is 6.75. The third kappa shape index (κ3) is 5.00. The molecular formula is C21H25N3O3. The van der Waals surface area contributed by atoms with Crippen LogP contribution >= 0.6 is 0 Å². The Hall–Kier alpha value is -3.02. The number of para-hydroxylation sites is 1. The highest BCUT2D eigenvalue weighted by Crippen LogP contribution is 2.16. The minimum atomic E-state index is -0.279. The summed E-state index contributed by atoms with van der Waals surface area (Å²) in [5, 5.41) is 5.74. The van der Waals surface area contributed by atoms with E-state index < -0.39 is 0 Å². The first-order valence-electron chi connectivity index (χ1n) is 9.09. The van der Waals surface area contributed by atoms with Crippen LogP contribution in [0.3, 0.4) is 0 Å². The summed E-state index contributed by atoms with van der Waals surface area (Å²) >= 11 is 0. The van der Waals surface area contributed by atoms with E-state index in [-0.39, 0.29) is 18.0 Å². The summed E-state index contributed by atoms with van der Waals surface area (Å²) < 4.78 is 5.15. The molecule has 3 amide bonds. The average Bonchev–Trinajstić information content (AvgIpc) is 3.01. The number of likely N-dealkylation sites (tertiary alicyclic amines) is 1. The van der Waals surface area contributed by atoms with Crippen LogP contribution < -0.4 is 15.4 Å². The Kier molecular flexibility index (Phi) is 5.96. The van der Waals surface area contributed by atoms with Crippen LogP contribution in [0.15, 0.2) is 48.5 Å². The molecule has 0 bridgehead atoms. The molecule has 0 aliphatic carbocycles. The van der Waals surface area contributed by atoms with E-state index in [2.05, 4.69) is 10.6 Å². The quantitative estimate of drug-likeness (QED) is 0.825. The van der Waals surface area contributed by atoms with E-state index in [1.807, 2.05) is 60.4 Å². The molecule has 2 aromatic rings. The fraction of sp³-hybridized carbons (Fsp3) is 0.333. The number of carbonyl (C=O) groups is 2. The van der Waals surface area contributed by atoms with E-state index in [0.29, 0.717) is 19.5 Å². The molecule has 1 heterocycles. The molecule has 1 fully saturated rings. The van der Waals surface area contributed by atoms with Gasteiger partial charge in [0.25, 0.3) is 0 Å². The SMILES string of the molecule is COc1ccc(CCN2C[C@@H](NC(=O)Nc3ccccc3C)CC2=O)cc1.